The average Bonchev–Trinajstić information content (AvgIpc) is 2.85. The van der Waals surface area contributed by atoms with Crippen molar-refractivity contribution in [2.24, 2.45) is 0 Å². The molecule has 0 aromatic heterocycles. The van der Waals surface area contributed by atoms with Crippen molar-refractivity contribution >= 4 is 15.9 Å². The molecule has 0 radical (unpaired) electrons. The normalized spacial score (nSPS) is 19.1. The highest BCUT2D eigenvalue weighted by Crippen LogP contribution is 2.17. The highest BCUT2D eigenvalue weighted by atomic mass is 32.2. The second-order valence-corrected chi connectivity index (χ2v) is 6.61. The molecule has 0 spiro atoms. The molecular weight excluding hydrogens is 280 g/mol. The molecule has 1 aliphatic heterocycles. The van der Waals surface area contributed by atoms with Gasteiger partial charge in [-0.1, -0.05) is 18.2 Å². The van der Waals surface area contributed by atoms with Crippen LogP contribution in [0.3, 0.4) is 0 Å². The summed E-state index contributed by atoms with van der Waals surface area (Å²) in [5, 5.41) is 0. The third-order valence-corrected chi connectivity index (χ3v) is 3.70. The lowest BCUT2D eigenvalue weighted by Crippen LogP contribution is -2.39. The zero-order chi connectivity index (χ0) is 14.6. The van der Waals surface area contributed by atoms with Gasteiger partial charge in [-0.3, -0.25) is 4.79 Å². The van der Waals surface area contributed by atoms with Crippen molar-refractivity contribution < 1.29 is 17.9 Å². The molecule has 6 nitrogen and oxygen atoms in total. The predicted octanol–water partition coefficient (Wildman–Crippen LogP) is 0.215. The van der Waals surface area contributed by atoms with Crippen LogP contribution in [0.2, 0.25) is 0 Å². The van der Waals surface area contributed by atoms with Crippen molar-refractivity contribution in [3.8, 4) is 5.75 Å². The number of sulfonamides is 1. The Bertz CT molecular complexity index is 559. The molecule has 0 bridgehead atoms. The zero-order valence-electron chi connectivity index (χ0n) is 11.3. The minimum atomic E-state index is -3.34. The number of nitrogens with zero attached hydrogens (tertiary/aromatic N) is 1. The minimum absolute atomic E-state index is 0.0421. The zero-order valence-corrected chi connectivity index (χ0v) is 12.1. The fourth-order valence-corrected chi connectivity index (χ4v) is 2.43. The van der Waals surface area contributed by atoms with Crippen molar-refractivity contribution in [2.75, 3.05) is 25.9 Å². The summed E-state index contributed by atoms with van der Waals surface area (Å²) in [4.78, 5) is 13.5. The Hall–Kier alpha value is -1.60. The van der Waals surface area contributed by atoms with Crippen molar-refractivity contribution in [3.63, 3.8) is 0 Å². The molecular formula is C13H18N2O4S. The molecule has 0 aliphatic carbocycles. The summed E-state index contributed by atoms with van der Waals surface area (Å²) in [6.45, 7) is 0.873. The topological polar surface area (TPSA) is 75.7 Å². The molecule has 110 valence electrons. The lowest BCUT2D eigenvalue weighted by molar-refractivity contribution is -0.129. The molecule has 1 aromatic carbocycles. The van der Waals surface area contributed by atoms with Crippen LogP contribution in [0, 0.1) is 0 Å². The van der Waals surface area contributed by atoms with E-state index in [2.05, 4.69) is 4.72 Å². The Labute approximate surface area is 118 Å². The van der Waals surface area contributed by atoms with Gasteiger partial charge in [-0.25, -0.2) is 13.1 Å². The largest absolute Gasteiger partial charge is 0.489 e. The van der Waals surface area contributed by atoms with E-state index in [1.165, 1.54) is 0 Å². The highest BCUT2D eigenvalue weighted by Gasteiger charge is 2.27. The van der Waals surface area contributed by atoms with Gasteiger partial charge < -0.3 is 9.64 Å². The van der Waals surface area contributed by atoms with Gasteiger partial charge in [0.15, 0.2) is 0 Å². The standard InChI is InChI=1S/C13H18N2O4S/c1-20(17,18)14-9-13(16)15-8-7-12(10-15)19-11-5-3-2-4-6-11/h2-6,12,14H,7-10H2,1H3. The Morgan fingerprint density at radius 3 is 2.75 bits per heavy atom. The smallest absolute Gasteiger partial charge is 0.237 e. The van der Waals surface area contributed by atoms with Gasteiger partial charge in [-0.15, -0.1) is 0 Å². The third-order valence-electron chi connectivity index (χ3n) is 3.03. The Morgan fingerprint density at radius 2 is 2.10 bits per heavy atom. The van der Waals surface area contributed by atoms with Gasteiger partial charge in [0, 0.05) is 13.0 Å². The van der Waals surface area contributed by atoms with Crippen molar-refractivity contribution in [2.45, 2.75) is 12.5 Å². The highest BCUT2D eigenvalue weighted by molar-refractivity contribution is 7.88. The number of carbonyl (C=O) groups excluding carboxylic acids is 1. The lowest BCUT2D eigenvalue weighted by Gasteiger charge is -2.17. The molecule has 1 atom stereocenters. The quantitative estimate of drug-likeness (QED) is 0.843. The van der Waals surface area contributed by atoms with E-state index in [1.807, 2.05) is 30.3 Å². The SMILES string of the molecule is CS(=O)(=O)NCC(=O)N1CCC(Oc2ccccc2)C1. The summed E-state index contributed by atoms with van der Waals surface area (Å²) in [6, 6.07) is 9.44. The molecule has 1 unspecified atom stereocenters. The van der Waals surface area contributed by atoms with E-state index < -0.39 is 10.0 Å². The van der Waals surface area contributed by atoms with Gasteiger partial charge in [0.05, 0.1) is 19.3 Å². The van der Waals surface area contributed by atoms with Gasteiger partial charge in [0.1, 0.15) is 11.9 Å². The van der Waals surface area contributed by atoms with Crippen LogP contribution in [0.15, 0.2) is 30.3 Å². The first-order valence-corrected chi connectivity index (χ1v) is 8.27. The van der Waals surface area contributed by atoms with Crippen LogP contribution < -0.4 is 9.46 Å². The molecule has 1 fully saturated rings. The minimum Gasteiger partial charge on any atom is -0.489 e. The van der Waals surface area contributed by atoms with Crippen molar-refractivity contribution in [1.29, 1.82) is 0 Å². The first-order chi connectivity index (χ1) is 9.44. The molecule has 1 aliphatic rings. The number of hydrogen-bond donors (Lipinski definition) is 1. The van der Waals surface area contributed by atoms with E-state index in [0.717, 1.165) is 18.4 Å². The van der Waals surface area contributed by atoms with Gasteiger partial charge in [-0.05, 0) is 12.1 Å². The third kappa shape index (κ3) is 4.50. The maximum absolute atomic E-state index is 11.8. The number of likely N-dealkylation sites (tertiary alicyclic amines) is 1. The Morgan fingerprint density at radius 1 is 1.40 bits per heavy atom. The van der Waals surface area contributed by atoms with Crippen LogP contribution in [-0.4, -0.2) is 51.2 Å². The molecule has 1 N–H and O–H groups in total. The number of nitrogens with one attached hydrogen (secondary N) is 1. The molecule has 7 heteroatoms. The van der Waals surface area contributed by atoms with Crippen LogP contribution >= 0.6 is 0 Å². The van der Waals surface area contributed by atoms with E-state index in [4.69, 9.17) is 4.74 Å². The predicted molar refractivity (Wildman–Crippen MR) is 74.9 cm³/mol. The molecule has 1 saturated heterocycles. The number of benzene rings is 1. The average molecular weight is 298 g/mol. The monoisotopic (exact) mass is 298 g/mol. The van der Waals surface area contributed by atoms with Crippen LogP contribution in [0.1, 0.15) is 6.42 Å². The van der Waals surface area contributed by atoms with Gasteiger partial charge in [0.25, 0.3) is 0 Å². The van der Waals surface area contributed by atoms with Crippen LogP contribution in [-0.2, 0) is 14.8 Å². The Balaban J connectivity index is 1.81. The molecule has 0 saturated carbocycles. The molecule has 20 heavy (non-hydrogen) atoms. The molecule has 1 aromatic rings. The van der Waals surface area contributed by atoms with Crippen molar-refractivity contribution in [3.05, 3.63) is 30.3 Å². The van der Waals surface area contributed by atoms with Crippen molar-refractivity contribution in [1.82, 2.24) is 9.62 Å². The lowest BCUT2D eigenvalue weighted by atomic mass is 10.3. The number of hydrogen-bond acceptors (Lipinski definition) is 4. The number of rotatable bonds is 5. The van der Waals surface area contributed by atoms with E-state index in [9.17, 15) is 13.2 Å². The summed E-state index contributed by atoms with van der Waals surface area (Å²) < 4.78 is 29.9. The summed E-state index contributed by atoms with van der Waals surface area (Å²) in [7, 11) is -3.34. The molecule has 2 rings (SSSR count). The maximum atomic E-state index is 11.8. The van der Waals surface area contributed by atoms with E-state index in [-0.39, 0.29) is 18.6 Å². The Kier molecular flexibility index (Phi) is 4.61. The van der Waals surface area contributed by atoms with E-state index in [0.29, 0.717) is 13.1 Å². The molecule has 1 heterocycles. The summed E-state index contributed by atoms with van der Waals surface area (Å²) in [5.74, 6) is 0.552. The summed E-state index contributed by atoms with van der Waals surface area (Å²) in [5.41, 5.74) is 0. The van der Waals surface area contributed by atoms with Gasteiger partial charge in [0.2, 0.25) is 15.9 Å². The van der Waals surface area contributed by atoms with Crippen LogP contribution in [0.25, 0.3) is 0 Å². The van der Waals surface area contributed by atoms with Gasteiger partial charge >= 0.3 is 0 Å². The summed E-state index contributed by atoms with van der Waals surface area (Å²) in [6.07, 6.45) is 1.74. The first-order valence-electron chi connectivity index (χ1n) is 6.38. The number of carbonyl (C=O) groups is 1. The second kappa shape index (κ2) is 6.23. The molecule has 1 amide bonds. The fourth-order valence-electron chi connectivity index (χ4n) is 2.05. The first kappa shape index (κ1) is 14.8. The van der Waals surface area contributed by atoms with Crippen LogP contribution in [0.5, 0.6) is 5.75 Å². The maximum Gasteiger partial charge on any atom is 0.237 e. The number of para-hydroxylation sites is 1. The van der Waals surface area contributed by atoms with E-state index in [1.54, 1.807) is 4.90 Å². The number of ether oxygens (including phenoxy) is 1. The van der Waals surface area contributed by atoms with Crippen LogP contribution in [0.4, 0.5) is 0 Å². The number of amides is 1. The van der Waals surface area contributed by atoms with Gasteiger partial charge in [-0.2, -0.15) is 0 Å². The fraction of sp³-hybridized carbons (Fsp3) is 0.462. The summed E-state index contributed by atoms with van der Waals surface area (Å²) >= 11 is 0. The second-order valence-electron chi connectivity index (χ2n) is 4.77. The van der Waals surface area contributed by atoms with E-state index >= 15 is 0 Å².